The van der Waals surface area contributed by atoms with Gasteiger partial charge in [-0.25, -0.2) is 14.8 Å². The van der Waals surface area contributed by atoms with Crippen LogP contribution in [0.25, 0.3) is 32.9 Å². The summed E-state index contributed by atoms with van der Waals surface area (Å²) < 4.78 is 8.31. The summed E-state index contributed by atoms with van der Waals surface area (Å²) in [6.45, 7) is 11.1. The zero-order chi connectivity index (χ0) is 24.6. The third kappa shape index (κ3) is 4.06. The number of hydrogen-bond donors (Lipinski definition) is 0. The third-order valence-electron chi connectivity index (χ3n) is 7.26. The van der Waals surface area contributed by atoms with Gasteiger partial charge in [0, 0.05) is 50.2 Å². The molecular weight excluding hydrogens is 450 g/mol. The molecule has 0 unspecified atom stereocenters. The molecule has 4 aromatic rings. The van der Waals surface area contributed by atoms with Crippen molar-refractivity contribution in [2.45, 2.75) is 19.3 Å². The Hall–Kier alpha value is -3.96. The van der Waals surface area contributed by atoms with Gasteiger partial charge < -0.3 is 14.5 Å². The molecule has 8 nitrogen and oxygen atoms in total. The van der Waals surface area contributed by atoms with Gasteiger partial charge in [-0.3, -0.25) is 4.40 Å². The molecule has 0 N–H and O–H groups in total. The van der Waals surface area contributed by atoms with Crippen LogP contribution in [0.2, 0.25) is 0 Å². The quantitative estimate of drug-likeness (QED) is 0.386. The molecule has 6 rings (SSSR count). The van der Waals surface area contributed by atoms with E-state index in [4.69, 9.17) is 26.3 Å². The number of benzene rings is 1. The van der Waals surface area contributed by atoms with Crippen LogP contribution in [0.1, 0.15) is 18.4 Å². The van der Waals surface area contributed by atoms with Gasteiger partial charge in [-0.05, 0) is 50.0 Å². The Morgan fingerprint density at radius 1 is 1.11 bits per heavy atom. The maximum atomic E-state index is 7.33. The van der Waals surface area contributed by atoms with Crippen LogP contribution < -0.4 is 9.64 Å². The van der Waals surface area contributed by atoms with E-state index in [0.29, 0.717) is 24.2 Å². The van der Waals surface area contributed by atoms with E-state index in [2.05, 4.69) is 34.8 Å². The van der Waals surface area contributed by atoms with Gasteiger partial charge in [0.1, 0.15) is 5.82 Å². The van der Waals surface area contributed by atoms with Crippen LogP contribution in [-0.2, 0) is 6.42 Å². The van der Waals surface area contributed by atoms with Gasteiger partial charge in [0.15, 0.2) is 11.3 Å². The Kier molecular flexibility index (Phi) is 5.78. The topological polar surface area (TPSA) is 63.1 Å². The van der Waals surface area contributed by atoms with Crippen LogP contribution in [0.4, 0.5) is 11.5 Å². The summed E-state index contributed by atoms with van der Waals surface area (Å²) in [4.78, 5) is 22.7. The van der Waals surface area contributed by atoms with Crippen LogP contribution in [0.5, 0.6) is 6.01 Å². The van der Waals surface area contributed by atoms with Gasteiger partial charge in [0.25, 0.3) is 0 Å². The summed E-state index contributed by atoms with van der Waals surface area (Å²) in [6, 6.07) is 10.3. The summed E-state index contributed by atoms with van der Waals surface area (Å²) in [5.74, 6) is 1.51. The second-order valence-corrected chi connectivity index (χ2v) is 9.86. The molecule has 1 fully saturated rings. The Labute approximate surface area is 211 Å². The highest BCUT2D eigenvalue weighted by molar-refractivity contribution is 5.91. The second-order valence-electron chi connectivity index (χ2n) is 9.86. The van der Waals surface area contributed by atoms with Crippen molar-refractivity contribution < 1.29 is 4.74 Å². The van der Waals surface area contributed by atoms with E-state index >= 15 is 0 Å². The molecule has 1 saturated heterocycles. The SMILES string of the molecule is [C-]#[N+]c1ccc(-c2nc(OC[C@@H]3CCCN(C)C3)n3ccnc3c2-c2cnc3c(c2)CCN3C)cc1. The lowest BCUT2D eigenvalue weighted by molar-refractivity contribution is 0.143. The number of piperidine rings is 1. The maximum Gasteiger partial charge on any atom is 0.302 e. The first kappa shape index (κ1) is 22.5. The zero-order valence-corrected chi connectivity index (χ0v) is 20.7. The average molecular weight is 480 g/mol. The van der Waals surface area contributed by atoms with E-state index < -0.39 is 0 Å². The lowest BCUT2D eigenvalue weighted by Gasteiger charge is -2.29. The minimum atomic E-state index is 0.475. The molecule has 0 saturated carbocycles. The summed E-state index contributed by atoms with van der Waals surface area (Å²) in [6.07, 6.45) is 8.95. The summed E-state index contributed by atoms with van der Waals surface area (Å²) in [5.41, 5.74) is 6.23. The van der Waals surface area contributed by atoms with Crippen molar-refractivity contribution in [2.75, 3.05) is 45.2 Å². The third-order valence-corrected chi connectivity index (χ3v) is 7.26. The largest absolute Gasteiger partial charge is 0.464 e. The van der Waals surface area contributed by atoms with Gasteiger partial charge in [-0.15, -0.1) is 0 Å². The van der Waals surface area contributed by atoms with E-state index in [1.165, 1.54) is 12.0 Å². The van der Waals surface area contributed by atoms with Crippen molar-refractivity contribution in [2.24, 2.45) is 5.92 Å². The van der Waals surface area contributed by atoms with Crippen LogP contribution >= 0.6 is 0 Å². The molecule has 1 atom stereocenters. The van der Waals surface area contributed by atoms with Crippen LogP contribution in [-0.4, -0.2) is 64.6 Å². The fraction of sp³-hybridized carbons (Fsp3) is 0.357. The van der Waals surface area contributed by atoms with Crippen molar-refractivity contribution >= 4 is 17.2 Å². The van der Waals surface area contributed by atoms with Gasteiger partial charge in [0.2, 0.25) is 0 Å². The molecule has 182 valence electrons. The minimum Gasteiger partial charge on any atom is -0.464 e. The summed E-state index contributed by atoms with van der Waals surface area (Å²) >= 11 is 0. The number of likely N-dealkylation sites (N-methyl/N-ethyl adjacent to an activating group) is 1. The normalized spacial score (nSPS) is 17.8. The predicted molar refractivity (Wildman–Crippen MR) is 141 cm³/mol. The fourth-order valence-electron chi connectivity index (χ4n) is 5.39. The number of anilines is 1. The Bertz CT molecular complexity index is 1450. The molecule has 0 amide bonds. The Balaban J connectivity index is 1.47. The first-order valence-corrected chi connectivity index (χ1v) is 12.5. The van der Waals surface area contributed by atoms with Gasteiger partial charge >= 0.3 is 6.01 Å². The minimum absolute atomic E-state index is 0.475. The zero-order valence-electron chi connectivity index (χ0n) is 20.7. The number of aromatic nitrogens is 4. The molecule has 5 heterocycles. The average Bonchev–Trinajstić information content (AvgIpc) is 3.54. The number of nitrogens with zero attached hydrogens (tertiary/aromatic N) is 7. The van der Waals surface area contributed by atoms with E-state index in [0.717, 1.165) is 66.3 Å². The van der Waals surface area contributed by atoms with Crippen molar-refractivity contribution in [1.29, 1.82) is 0 Å². The molecule has 8 heteroatoms. The fourth-order valence-corrected chi connectivity index (χ4v) is 5.39. The van der Waals surface area contributed by atoms with Crippen LogP contribution in [0.3, 0.4) is 0 Å². The van der Waals surface area contributed by atoms with Gasteiger partial charge in [-0.2, -0.15) is 4.98 Å². The van der Waals surface area contributed by atoms with E-state index in [9.17, 15) is 0 Å². The Morgan fingerprint density at radius 3 is 2.78 bits per heavy atom. The highest BCUT2D eigenvalue weighted by atomic mass is 16.5. The van der Waals surface area contributed by atoms with E-state index in [1.54, 1.807) is 6.20 Å². The molecule has 2 aliphatic rings. The van der Waals surface area contributed by atoms with Crippen LogP contribution in [0, 0.1) is 12.5 Å². The lowest BCUT2D eigenvalue weighted by atomic mass is 9.99. The summed E-state index contributed by atoms with van der Waals surface area (Å²) in [5, 5.41) is 0. The molecule has 2 aliphatic heterocycles. The number of imidazole rings is 1. The van der Waals surface area contributed by atoms with Crippen molar-refractivity contribution in [1.82, 2.24) is 24.3 Å². The highest BCUT2D eigenvalue weighted by Gasteiger charge is 2.24. The molecule has 36 heavy (non-hydrogen) atoms. The van der Waals surface area contributed by atoms with E-state index in [-0.39, 0.29) is 0 Å². The molecule has 0 aliphatic carbocycles. The molecule has 0 radical (unpaired) electrons. The number of likely N-dealkylation sites (tertiary alicyclic amines) is 1. The number of pyridine rings is 1. The number of ether oxygens (including phenoxy) is 1. The smallest absolute Gasteiger partial charge is 0.302 e. The maximum absolute atomic E-state index is 7.33. The van der Waals surface area contributed by atoms with Gasteiger partial charge in [-0.1, -0.05) is 24.3 Å². The van der Waals surface area contributed by atoms with Crippen molar-refractivity contribution in [3.8, 4) is 28.4 Å². The molecular formula is C28H29N7O. The predicted octanol–water partition coefficient (Wildman–Crippen LogP) is 4.72. The first-order valence-electron chi connectivity index (χ1n) is 12.5. The Morgan fingerprint density at radius 2 is 1.97 bits per heavy atom. The molecule has 0 spiro atoms. The number of hydrogen-bond acceptors (Lipinski definition) is 6. The van der Waals surface area contributed by atoms with Crippen LogP contribution in [0.15, 0.2) is 48.9 Å². The standard InChI is InChI=1S/C28H29N7O/c1-29-23-8-6-20(7-9-23)25-24(22-15-21-10-13-34(3)26(21)31-16-22)27-30-11-14-35(27)28(32-25)36-18-19-5-4-12-33(2)17-19/h6-9,11,14-16,19H,4-5,10,12-13,17-18H2,2-3H3/t19-/m1/s1. The lowest BCUT2D eigenvalue weighted by Crippen LogP contribution is -2.35. The molecule has 3 aromatic heterocycles. The first-order chi connectivity index (χ1) is 17.6. The second kappa shape index (κ2) is 9.25. The van der Waals surface area contributed by atoms with Gasteiger partial charge in [0.05, 0.1) is 24.4 Å². The molecule has 0 bridgehead atoms. The highest BCUT2D eigenvalue weighted by Crippen LogP contribution is 2.38. The number of fused-ring (bicyclic) bond motifs is 2. The molecule has 1 aromatic carbocycles. The monoisotopic (exact) mass is 479 g/mol. The van der Waals surface area contributed by atoms with Crippen molar-refractivity contribution in [3.05, 3.63) is 65.9 Å². The summed E-state index contributed by atoms with van der Waals surface area (Å²) in [7, 11) is 4.24. The number of rotatable bonds is 5. The van der Waals surface area contributed by atoms with E-state index in [1.807, 2.05) is 41.1 Å². The van der Waals surface area contributed by atoms with Crippen molar-refractivity contribution in [3.63, 3.8) is 0 Å².